The number of ether oxygens (including phenoxy) is 2. The van der Waals surface area contributed by atoms with E-state index in [4.69, 9.17) is 14.0 Å². The second-order valence-corrected chi connectivity index (χ2v) is 7.51. The van der Waals surface area contributed by atoms with E-state index in [1.807, 2.05) is 26.0 Å². The zero-order chi connectivity index (χ0) is 24.0. The van der Waals surface area contributed by atoms with E-state index < -0.39 is 4.92 Å². The van der Waals surface area contributed by atoms with E-state index >= 15 is 0 Å². The average Bonchev–Trinajstić information content (AvgIpc) is 3.29. The van der Waals surface area contributed by atoms with Gasteiger partial charge in [0.1, 0.15) is 18.0 Å². The summed E-state index contributed by atoms with van der Waals surface area (Å²) in [6, 6.07) is 11.5. The molecule has 0 N–H and O–H groups in total. The van der Waals surface area contributed by atoms with E-state index in [0.717, 1.165) is 17.7 Å². The smallest absolute Gasteiger partial charge is 0.272 e. The molecule has 3 rings (SSSR count). The first-order valence-electron chi connectivity index (χ1n) is 10.5. The first-order chi connectivity index (χ1) is 15.8. The summed E-state index contributed by atoms with van der Waals surface area (Å²) >= 11 is 0. The van der Waals surface area contributed by atoms with Crippen LogP contribution in [0.2, 0.25) is 0 Å². The highest BCUT2D eigenvalue weighted by atomic mass is 16.6. The van der Waals surface area contributed by atoms with E-state index in [1.54, 1.807) is 31.1 Å². The quantitative estimate of drug-likeness (QED) is 0.331. The lowest BCUT2D eigenvalue weighted by Crippen LogP contribution is -2.40. The van der Waals surface area contributed by atoms with E-state index in [9.17, 15) is 14.9 Å². The molecular weight excluding hydrogens is 428 g/mol. The summed E-state index contributed by atoms with van der Waals surface area (Å²) in [6.45, 7) is 5.44. The molecule has 1 amide bonds. The van der Waals surface area contributed by atoms with Crippen molar-refractivity contribution in [2.75, 3.05) is 13.7 Å². The van der Waals surface area contributed by atoms with E-state index in [-0.39, 0.29) is 30.8 Å². The van der Waals surface area contributed by atoms with Crippen molar-refractivity contribution < 1.29 is 23.7 Å². The maximum atomic E-state index is 12.9. The maximum absolute atomic E-state index is 12.9. The van der Waals surface area contributed by atoms with Gasteiger partial charge in [0, 0.05) is 23.2 Å². The second kappa shape index (κ2) is 10.6. The van der Waals surface area contributed by atoms with Crippen LogP contribution in [0.5, 0.6) is 11.5 Å². The zero-order valence-corrected chi connectivity index (χ0v) is 19.0. The zero-order valence-electron chi connectivity index (χ0n) is 19.0. The van der Waals surface area contributed by atoms with Gasteiger partial charge in [0.25, 0.3) is 11.6 Å². The molecule has 1 aromatic heterocycles. The Kier molecular flexibility index (Phi) is 7.60. The summed E-state index contributed by atoms with van der Waals surface area (Å²) < 4.78 is 16.1. The van der Waals surface area contributed by atoms with E-state index in [0.29, 0.717) is 23.0 Å². The Labute approximate surface area is 191 Å². The number of benzene rings is 2. The Morgan fingerprint density at radius 3 is 2.52 bits per heavy atom. The molecule has 3 aromatic rings. The lowest BCUT2D eigenvalue weighted by atomic mass is 10.2. The SMILES string of the molecule is CCC(C)N(Cc1nc(-c2ccc(OC)cc2)no1)C(=O)COc1ccc([N+](=O)[O-])c(C)c1. The van der Waals surface area contributed by atoms with Gasteiger partial charge in [0.15, 0.2) is 6.61 Å². The molecule has 0 radical (unpaired) electrons. The van der Waals surface area contributed by atoms with Gasteiger partial charge in [0.2, 0.25) is 11.7 Å². The number of hydrogen-bond acceptors (Lipinski definition) is 8. The molecule has 0 spiro atoms. The number of rotatable bonds is 10. The predicted octanol–water partition coefficient (Wildman–Crippen LogP) is 4.17. The number of carbonyl (C=O) groups excluding carboxylic acids is 1. The number of methoxy groups -OCH3 is 1. The maximum Gasteiger partial charge on any atom is 0.272 e. The Morgan fingerprint density at radius 2 is 1.91 bits per heavy atom. The van der Waals surface area contributed by atoms with Gasteiger partial charge in [-0.1, -0.05) is 12.1 Å². The Hall–Kier alpha value is -3.95. The molecule has 174 valence electrons. The molecule has 10 nitrogen and oxygen atoms in total. The topological polar surface area (TPSA) is 121 Å². The first-order valence-corrected chi connectivity index (χ1v) is 10.5. The summed E-state index contributed by atoms with van der Waals surface area (Å²) in [4.78, 5) is 29.5. The monoisotopic (exact) mass is 454 g/mol. The minimum atomic E-state index is -0.459. The third-order valence-corrected chi connectivity index (χ3v) is 5.29. The number of hydrogen-bond donors (Lipinski definition) is 0. The lowest BCUT2D eigenvalue weighted by molar-refractivity contribution is -0.385. The highest BCUT2D eigenvalue weighted by molar-refractivity contribution is 5.78. The average molecular weight is 454 g/mol. The molecule has 0 aliphatic carbocycles. The largest absolute Gasteiger partial charge is 0.497 e. The molecule has 0 bridgehead atoms. The Bertz CT molecular complexity index is 1110. The molecule has 1 heterocycles. The molecule has 1 atom stereocenters. The van der Waals surface area contributed by atoms with Crippen LogP contribution in [-0.2, 0) is 11.3 Å². The van der Waals surface area contributed by atoms with Crippen LogP contribution in [0.15, 0.2) is 47.0 Å². The summed E-state index contributed by atoms with van der Waals surface area (Å²) in [7, 11) is 1.59. The standard InChI is InChI=1S/C23H26N4O6/c1-5-16(3)26(22(28)14-32-19-10-11-20(27(29)30)15(2)12-19)13-21-24-23(25-33-21)17-6-8-18(31-4)9-7-17/h6-12,16H,5,13-14H2,1-4H3. The minimum Gasteiger partial charge on any atom is -0.497 e. The number of aryl methyl sites for hydroxylation is 1. The van der Waals surface area contributed by atoms with Gasteiger partial charge >= 0.3 is 0 Å². The molecule has 10 heteroatoms. The number of nitrogens with zero attached hydrogens (tertiary/aromatic N) is 4. The minimum absolute atomic E-state index is 0.000957. The third-order valence-electron chi connectivity index (χ3n) is 5.29. The molecule has 0 aliphatic rings. The first kappa shape index (κ1) is 23.7. The van der Waals surface area contributed by atoms with Gasteiger partial charge in [-0.3, -0.25) is 14.9 Å². The number of amides is 1. The van der Waals surface area contributed by atoms with Crippen LogP contribution < -0.4 is 9.47 Å². The summed E-state index contributed by atoms with van der Waals surface area (Å²) in [5, 5.41) is 15.0. The van der Waals surface area contributed by atoms with Crippen LogP contribution in [0.1, 0.15) is 31.7 Å². The highest BCUT2D eigenvalue weighted by Gasteiger charge is 2.23. The third kappa shape index (κ3) is 5.85. The van der Waals surface area contributed by atoms with Crippen molar-refractivity contribution >= 4 is 11.6 Å². The van der Waals surface area contributed by atoms with Crippen LogP contribution in [0, 0.1) is 17.0 Å². The Morgan fingerprint density at radius 1 is 1.21 bits per heavy atom. The molecule has 0 saturated carbocycles. The van der Waals surface area contributed by atoms with Gasteiger partial charge in [-0.2, -0.15) is 4.98 Å². The summed E-state index contributed by atoms with van der Waals surface area (Å²) in [6.07, 6.45) is 0.724. The van der Waals surface area contributed by atoms with Gasteiger partial charge < -0.3 is 18.9 Å². The van der Waals surface area contributed by atoms with Crippen molar-refractivity contribution in [3.63, 3.8) is 0 Å². The second-order valence-electron chi connectivity index (χ2n) is 7.51. The van der Waals surface area contributed by atoms with Crippen LogP contribution in [-0.4, -0.2) is 45.6 Å². The van der Waals surface area contributed by atoms with Crippen LogP contribution in [0.25, 0.3) is 11.4 Å². The number of aromatic nitrogens is 2. The van der Waals surface area contributed by atoms with Crippen molar-refractivity contribution in [2.24, 2.45) is 0 Å². The molecule has 0 saturated heterocycles. The Balaban J connectivity index is 1.68. The molecule has 1 unspecified atom stereocenters. The van der Waals surface area contributed by atoms with Crippen LogP contribution in [0.4, 0.5) is 5.69 Å². The molecule has 2 aromatic carbocycles. The van der Waals surface area contributed by atoms with Crippen LogP contribution in [0.3, 0.4) is 0 Å². The van der Waals surface area contributed by atoms with E-state index in [2.05, 4.69) is 10.1 Å². The molecular formula is C23H26N4O6. The van der Waals surface area contributed by atoms with Gasteiger partial charge in [0.05, 0.1) is 12.0 Å². The number of carbonyl (C=O) groups is 1. The van der Waals surface area contributed by atoms with Crippen molar-refractivity contribution in [3.05, 3.63) is 64.0 Å². The molecule has 0 aliphatic heterocycles. The van der Waals surface area contributed by atoms with E-state index in [1.165, 1.54) is 18.2 Å². The highest BCUT2D eigenvalue weighted by Crippen LogP contribution is 2.24. The summed E-state index contributed by atoms with van der Waals surface area (Å²) in [5.74, 6) is 1.57. The molecule has 33 heavy (non-hydrogen) atoms. The summed E-state index contributed by atoms with van der Waals surface area (Å²) in [5.41, 5.74) is 1.23. The fourth-order valence-electron chi connectivity index (χ4n) is 3.18. The van der Waals surface area contributed by atoms with Crippen molar-refractivity contribution in [1.29, 1.82) is 0 Å². The van der Waals surface area contributed by atoms with Crippen molar-refractivity contribution in [1.82, 2.24) is 15.0 Å². The van der Waals surface area contributed by atoms with Crippen LogP contribution >= 0.6 is 0 Å². The van der Waals surface area contributed by atoms with Crippen molar-refractivity contribution in [3.8, 4) is 22.9 Å². The van der Waals surface area contributed by atoms with Gasteiger partial charge in [-0.05, 0) is 56.7 Å². The van der Waals surface area contributed by atoms with Gasteiger partial charge in [-0.15, -0.1) is 0 Å². The number of nitro benzene ring substituents is 1. The predicted molar refractivity (Wildman–Crippen MR) is 120 cm³/mol. The molecule has 0 fully saturated rings. The fourth-order valence-corrected chi connectivity index (χ4v) is 3.18. The fraction of sp³-hybridized carbons (Fsp3) is 0.348. The lowest BCUT2D eigenvalue weighted by Gasteiger charge is -2.27. The van der Waals surface area contributed by atoms with Crippen molar-refractivity contribution in [2.45, 2.75) is 39.8 Å². The van der Waals surface area contributed by atoms with Gasteiger partial charge in [-0.25, -0.2) is 0 Å². The normalized spacial score (nSPS) is 11.6. The number of nitro groups is 1.